The van der Waals surface area contributed by atoms with E-state index in [2.05, 4.69) is 5.32 Å². The SMILES string of the molecule is COCC(C)OCCCCC(C)(NC(C)C)C(=O)O. The monoisotopic (exact) mass is 275 g/mol. The van der Waals surface area contributed by atoms with Gasteiger partial charge in [-0.25, -0.2) is 0 Å². The van der Waals surface area contributed by atoms with Crippen LogP contribution in [0.25, 0.3) is 0 Å². The second-order valence-corrected chi connectivity index (χ2v) is 5.53. The zero-order chi connectivity index (χ0) is 14.9. The van der Waals surface area contributed by atoms with Gasteiger partial charge in [-0.15, -0.1) is 0 Å². The van der Waals surface area contributed by atoms with Crippen molar-refractivity contribution in [2.75, 3.05) is 20.3 Å². The van der Waals surface area contributed by atoms with E-state index in [1.807, 2.05) is 20.8 Å². The van der Waals surface area contributed by atoms with Crippen molar-refractivity contribution >= 4 is 5.97 Å². The molecule has 0 aliphatic carbocycles. The van der Waals surface area contributed by atoms with E-state index in [0.717, 1.165) is 12.8 Å². The summed E-state index contributed by atoms with van der Waals surface area (Å²) in [6.45, 7) is 8.84. The number of rotatable bonds is 11. The van der Waals surface area contributed by atoms with Crippen molar-refractivity contribution in [3.05, 3.63) is 0 Å². The summed E-state index contributed by atoms with van der Waals surface area (Å²) < 4.78 is 10.5. The maximum Gasteiger partial charge on any atom is 0.323 e. The first-order valence-corrected chi connectivity index (χ1v) is 6.93. The molecule has 0 aliphatic rings. The first kappa shape index (κ1) is 18.4. The molecule has 19 heavy (non-hydrogen) atoms. The van der Waals surface area contributed by atoms with Gasteiger partial charge in [-0.3, -0.25) is 10.1 Å². The van der Waals surface area contributed by atoms with Gasteiger partial charge in [0, 0.05) is 19.8 Å². The fourth-order valence-corrected chi connectivity index (χ4v) is 2.03. The van der Waals surface area contributed by atoms with Crippen molar-refractivity contribution in [3.63, 3.8) is 0 Å². The fourth-order valence-electron chi connectivity index (χ4n) is 2.03. The molecule has 0 aromatic rings. The summed E-state index contributed by atoms with van der Waals surface area (Å²) in [5.74, 6) is -0.796. The number of carboxylic acids is 1. The molecule has 2 unspecified atom stereocenters. The van der Waals surface area contributed by atoms with Crippen LogP contribution in [0.2, 0.25) is 0 Å². The van der Waals surface area contributed by atoms with Crippen molar-refractivity contribution < 1.29 is 19.4 Å². The Balaban J connectivity index is 3.91. The highest BCUT2D eigenvalue weighted by molar-refractivity contribution is 5.78. The molecule has 0 bridgehead atoms. The summed E-state index contributed by atoms with van der Waals surface area (Å²) in [4.78, 5) is 11.3. The molecule has 0 spiro atoms. The van der Waals surface area contributed by atoms with Crippen LogP contribution in [0.5, 0.6) is 0 Å². The summed E-state index contributed by atoms with van der Waals surface area (Å²) in [6.07, 6.45) is 2.37. The molecule has 114 valence electrons. The molecule has 0 fully saturated rings. The van der Waals surface area contributed by atoms with Gasteiger partial charge in [-0.05, 0) is 47.0 Å². The third kappa shape index (κ3) is 8.18. The Morgan fingerprint density at radius 3 is 2.42 bits per heavy atom. The smallest absolute Gasteiger partial charge is 0.323 e. The lowest BCUT2D eigenvalue weighted by molar-refractivity contribution is -0.144. The lowest BCUT2D eigenvalue weighted by Crippen LogP contribution is -2.52. The van der Waals surface area contributed by atoms with Gasteiger partial charge in [-0.1, -0.05) is 0 Å². The van der Waals surface area contributed by atoms with Crippen LogP contribution in [-0.2, 0) is 14.3 Å². The highest BCUT2D eigenvalue weighted by Gasteiger charge is 2.32. The van der Waals surface area contributed by atoms with E-state index in [-0.39, 0.29) is 12.1 Å². The topological polar surface area (TPSA) is 67.8 Å². The van der Waals surface area contributed by atoms with Crippen LogP contribution < -0.4 is 5.32 Å². The number of carbonyl (C=O) groups is 1. The maximum atomic E-state index is 11.3. The van der Waals surface area contributed by atoms with E-state index < -0.39 is 11.5 Å². The first-order valence-electron chi connectivity index (χ1n) is 6.93. The Morgan fingerprint density at radius 1 is 1.32 bits per heavy atom. The minimum Gasteiger partial charge on any atom is -0.480 e. The highest BCUT2D eigenvalue weighted by Crippen LogP contribution is 2.15. The Labute approximate surface area is 116 Å². The minimum atomic E-state index is -0.855. The molecule has 0 radical (unpaired) electrons. The maximum absolute atomic E-state index is 11.3. The number of unbranched alkanes of at least 4 members (excludes halogenated alkanes) is 1. The summed E-state index contributed by atoms with van der Waals surface area (Å²) in [5.41, 5.74) is -0.855. The van der Waals surface area contributed by atoms with E-state index >= 15 is 0 Å². The zero-order valence-corrected chi connectivity index (χ0v) is 12.9. The zero-order valence-electron chi connectivity index (χ0n) is 12.9. The molecule has 2 atom stereocenters. The van der Waals surface area contributed by atoms with E-state index in [0.29, 0.717) is 19.6 Å². The summed E-state index contributed by atoms with van der Waals surface area (Å²) in [6, 6.07) is 0.152. The second kappa shape index (κ2) is 9.28. The Kier molecular flexibility index (Phi) is 8.97. The summed E-state index contributed by atoms with van der Waals surface area (Å²) in [7, 11) is 1.65. The normalized spacial score (nSPS) is 16.3. The molecule has 0 rings (SSSR count). The number of hydrogen-bond donors (Lipinski definition) is 2. The molecule has 5 heteroatoms. The van der Waals surface area contributed by atoms with Gasteiger partial charge in [0.25, 0.3) is 0 Å². The molecule has 0 aromatic heterocycles. The predicted molar refractivity (Wildman–Crippen MR) is 75.5 cm³/mol. The number of nitrogens with one attached hydrogen (secondary N) is 1. The van der Waals surface area contributed by atoms with Crippen LogP contribution in [0.3, 0.4) is 0 Å². The molecular weight excluding hydrogens is 246 g/mol. The van der Waals surface area contributed by atoms with Crippen LogP contribution in [0.15, 0.2) is 0 Å². The average Bonchev–Trinajstić information content (AvgIpc) is 2.27. The van der Waals surface area contributed by atoms with Crippen molar-refractivity contribution in [2.45, 2.75) is 64.6 Å². The minimum absolute atomic E-state index is 0.0876. The van der Waals surface area contributed by atoms with Gasteiger partial charge < -0.3 is 14.6 Å². The average molecular weight is 275 g/mol. The third-order valence-corrected chi connectivity index (χ3v) is 2.95. The van der Waals surface area contributed by atoms with E-state index in [4.69, 9.17) is 9.47 Å². The quantitative estimate of drug-likeness (QED) is 0.565. The van der Waals surface area contributed by atoms with Crippen molar-refractivity contribution in [1.29, 1.82) is 0 Å². The van der Waals surface area contributed by atoms with E-state index in [1.165, 1.54) is 0 Å². The standard InChI is InChI=1S/C14H29NO4/c1-11(2)15-14(4,13(16)17)8-6-7-9-19-12(3)10-18-5/h11-12,15H,6-10H2,1-5H3,(H,16,17). The molecule has 2 N–H and O–H groups in total. The third-order valence-electron chi connectivity index (χ3n) is 2.95. The van der Waals surface area contributed by atoms with Crippen LogP contribution in [0.1, 0.15) is 47.0 Å². The van der Waals surface area contributed by atoms with Gasteiger partial charge in [0.05, 0.1) is 12.7 Å². The molecule has 0 aromatic carbocycles. The van der Waals surface area contributed by atoms with Crippen LogP contribution in [0.4, 0.5) is 0 Å². The summed E-state index contributed by atoms with van der Waals surface area (Å²) >= 11 is 0. The molecule has 0 saturated heterocycles. The Morgan fingerprint density at radius 2 is 1.95 bits per heavy atom. The number of ether oxygens (including phenoxy) is 2. The van der Waals surface area contributed by atoms with Gasteiger partial charge in [0.2, 0.25) is 0 Å². The Bertz CT molecular complexity index is 258. The van der Waals surface area contributed by atoms with Crippen molar-refractivity contribution in [1.82, 2.24) is 5.32 Å². The van der Waals surface area contributed by atoms with Gasteiger partial charge >= 0.3 is 5.97 Å². The molecule has 0 heterocycles. The number of carboxylic acid groups (broad SMARTS) is 1. The Hall–Kier alpha value is -0.650. The van der Waals surface area contributed by atoms with Crippen molar-refractivity contribution in [2.24, 2.45) is 0 Å². The van der Waals surface area contributed by atoms with Crippen molar-refractivity contribution in [3.8, 4) is 0 Å². The first-order chi connectivity index (χ1) is 8.81. The van der Waals surface area contributed by atoms with E-state index in [9.17, 15) is 9.90 Å². The van der Waals surface area contributed by atoms with Crippen LogP contribution >= 0.6 is 0 Å². The molecule has 0 amide bonds. The van der Waals surface area contributed by atoms with Crippen LogP contribution in [-0.4, -0.2) is 49.1 Å². The molecule has 0 aliphatic heterocycles. The van der Waals surface area contributed by atoms with Crippen LogP contribution in [0, 0.1) is 0 Å². The predicted octanol–water partition coefficient (Wildman–Crippen LogP) is 2.05. The lowest BCUT2D eigenvalue weighted by Gasteiger charge is -2.28. The lowest BCUT2D eigenvalue weighted by atomic mass is 9.94. The second-order valence-electron chi connectivity index (χ2n) is 5.53. The van der Waals surface area contributed by atoms with Gasteiger partial charge in [0.15, 0.2) is 0 Å². The molecular formula is C14H29NO4. The van der Waals surface area contributed by atoms with Gasteiger partial charge in [-0.2, -0.15) is 0 Å². The highest BCUT2D eigenvalue weighted by atomic mass is 16.5. The number of methoxy groups -OCH3 is 1. The van der Waals surface area contributed by atoms with Gasteiger partial charge in [0.1, 0.15) is 5.54 Å². The summed E-state index contributed by atoms with van der Waals surface area (Å²) in [5, 5.41) is 12.4. The van der Waals surface area contributed by atoms with E-state index in [1.54, 1.807) is 14.0 Å². The molecule has 5 nitrogen and oxygen atoms in total. The number of aliphatic carboxylic acids is 1. The fraction of sp³-hybridized carbons (Fsp3) is 0.929. The molecule has 0 saturated carbocycles. The number of hydrogen-bond acceptors (Lipinski definition) is 4. The largest absolute Gasteiger partial charge is 0.480 e.